The van der Waals surface area contributed by atoms with Crippen LogP contribution >= 0.6 is 11.8 Å². The predicted octanol–water partition coefficient (Wildman–Crippen LogP) is 2.42. The van der Waals surface area contributed by atoms with E-state index < -0.39 is 5.97 Å². The van der Waals surface area contributed by atoms with Gasteiger partial charge in [-0.15, -0.1) is 10.2 Å². The van der Waals surface area contributed by atoms with Crippen molar-refractivity contribution in [3.63, 3.8) is 0 Å². The van der Waals surface area contributed by atoms with Crippen LogP contribution in [0.2, 0.25) is 0 Å². The third kappa shape index (κ3) is 3.70. The molecule has 0 aromatic carbocycles. The Balaban J connectivity index is 1.80. The van der Waals surface area contributed by atoms with Crippen LogP contribution in [0.5, 0.6) is 0 Å². The number of carboxylic acids is 1. The van der Waals surface area contributed by atoms with Crippen LogP contribution in [0.4, 0.5) is 5.95 Å². The largest absolute Gasteiger partial charge is 0.481 e. The lowest BCUT2D eigenvalue weighted by Gasteiger charge is -2.23. The highest BCUT2D eigenvalue weighted by atomic mass is 32.2. The van der Waals surface area contributed by atoms with E-state index in [0.29, 0.717) is 6.04 Å². The summed E-state index contributed by atoms with van der Waals surface area (Å²) in [5, 5.41) is 18.2. The molecule has 0 unspecified atom stereocenters. The summed E-state index contributed by atoms with van der Waals surface area (Å²) in [6.45, 7) is 4.23. The SMILES string of the molecule is CCCN(CC1CC1)c1nnc(SCC(=O)O)n1C1CC1. The number of carboxylic acid groups (broad SMARTS) is 1. The Kier molecular flexibility index (Phi) is 4.37. The molecule has 3 rings (SSSR count). The highest BCUT2D eigenvalue weighted by molar-refractivity contribution is 7.99. The molecule has 2 fully saturated rings. The van der Waals surface area contributed by atoms with Crippen molar-refractivity contribution < 1.29 is 9.90 Å². The van der Waals surface area contributed by atoms with Crippen molar-refractivity contribution in [2.75, 3.05) is 23.7 Å². The second-order valence-corrected chi connectivity index (χ2v) is 6.90. The van der Waals surface area contributed by atoms with Crippen molar-refractivity contribution in [3.05, 3.63) is 0 Å². The number of hydrogen-bond donors (Lipinski definition) is 1. The van der Waals surface area contributed by atoms with Gasteiger partial charge in [-0.3, -0.25) is 9.36 Å². The standard InChI is InChI=1S/C14H22N4O2S/c1-2-7-17(8-10-3-4-10)13-15-16-14(21-9-12(19)20)18(13)11-5-6-11/h10-11H,2-9H2,1H3,(H,19,20). The lowest BCUT2D eigenvalue weighted by molar-refractivity contribution is -0.133. The molecule has 0 atom stereocenters. The van der Waals surface area contributed by atoms with E-state index in [1.54, 1.807) is 0 Å². The molecule has 2 saturated carbocycles. The van der Waals surface area contributed by atoms with Gasteiger partial charge in [0.05, 0.1) is 5.75 Å². The first-order valence-electron chi connectivity index (χ1n) is 7.73. The number of thioether (sulfide) groups is 1. The van der Waals surface area contributed by atoms with Crippen LogP contribution in [0.3, 0.4) is 0 Å². The fourth-order valence-electron chi connectivity index (χ4n) is 2.52. The van der Waals surface area contributed by atoms with Crippen molar-refractivity contribution >= 4 is 23.7 Å². The molecular weight excluding hydrogens is 288 g/mol. The van der Waals surface area contributed by atoms with Crippen molar-refractivity contribution in [3.8, 4) is 0 Å². The number of aliphatic carboxylic acids is 1. The molecule has 0 aliphatic heterocycles. The Morgan fingerprint density at radius 3 is 2.71 bits per heavy atom. The van der Waals surface area contributed by atoms with Crippen LogP contribution < -0.4 is 4.90 Å². The number of aromatic nitrogens is 3. The molecule has 0 radical (unpaired) electrons. The summed E-state index contributed by atoms with van der Waals surface area (Å²) in [4.78, 5) is 13.1. The number of hydrogen-bond acceptors (Lipinski definition) is 5. The third-order valence-electron chi connectivity index (χ3n) is 3.84. The first-order chi connectivity index (χ1) is 10.2. The molecule has 0 bridgehead atoms. The van der Waals surface area contributed by atoms with Crippen molar-refractivity contribution in [1.29, 1.82) is 0 Å². The molecular formula is C14H22N4O2S. The van der Waals surface area contributed by atoms with Gasteiger partial charge in [0.2, 0.25) is 5.95 Å². The fourth-order valence-corrected chi connectivity index (χ4v) is 3.24. The second-order valence-electron chi connectivity index (χ2n) is 5.96. The zero-order valence-electron chi connectivity index (χ0n) is 12.4. The second kappa shape index (κ2) is 6.25. The topological polar surface area (TPSA) is 71.2 Å². The van der Waals surface area contributed by atoms with Gasteiger partial charge in [0.15, 0.2) is 5.16 Å². The van der Waals surface area contributed by atoms with Crippen molar-refractivity contribution in [2.45, 2.75) is 50.2 Å². The van der Waals surface area contributed by atoms with Gasteiger partial charge < -0.3 is 10.0 Å². The van der Waals surface area contributed by atoms with E-state index in [2.05, 4.69) is 26.6 Å². The summed E-state index contributed by atoms with van der Waals surface area (Å²) in [5.41, 5.74) is 0. The zero-order chi connectivity index (χ0) is 14.8. The van der Waals surface area contributed by atoms with Gasteiger partial charge in [0.1, 0.15) is 0 Å². The summed E-state index contributed by atoms with van der Waals surface area (Å²) in [5.74, 6) is 0.979. The summed E-state index contributed by atoms with van der Waals surface area (Å²) in [7, 11) is 0. The average Bonchev–Trinajstić information content (AvgIpc) is 3.36. The van der Waals surface area contributed by atoms with Crippen LogP contribution in [0, 0.1) is 5.92 Å². The molecule has 7 heteroatoms. The van der Waals surface area contributed by atoms with E-state index in [1.807, 2.05) is 0 Å². The van der Waals surface area contributed by atoms with Crippen molar-refractivity contribution in [1.82, 2.24) is 14.8 Å². The molecule has 0 saturated heterocycles. The number of carbonyl (C=O) groups is 1. The molecule has 116 valence electrons. The summed E-state index contributed by atoms with van der Waals surface area (Å²) >= 11 is 1.28. The van der Waals surface area contributed by atoms with Gasteiger partial charge in [-0.05, 0) is 38.0 Å². The lowest BCUT2D eigenvalue weighted by Crippen LogP contribution is -2.29. The minimum absolute atomic E-state index is 0.0429. The molecule has 6 nitrogen and oxygen atoms in total. The van der Waals surface area contributed by atoms with Crippen LogP contribution in [0.25, 0.3) is 0 Å². The number of nitrogens with zero attached hydrogens (tertiary/aromatic N) is 4. The molecule has 21 heavy (non-hydrogen) atoms. The maximum Gasteiger partial charge on any atom is 0.313 e. The van der Waals surface area contributed by atoms with Gasteiger partial charge in [-0.2, -0.15) is 0 Å². The van der Waals surface area contributed by atoms with Gasteiger partial charge in [-0.25, -0.2) is 0 Å². The highest BCUT2D eigenvalue weighted by Gasteiger charge is 2.33. The normalized spacial score (nSPS) is 18.0. The van der Waals surface area contributed by atoms with E-state index in [9.17, 15) is 4.79 Å². The molecule has 2 aliphatic rings. The first kappa shape index (κ1) is 14.7. The summed E-state index contributed by atoms with van der Waals surface area (Å²) < 4.78 is 2.17. The smallest absolute Gasteiger partial charge is 0.313 e. The lowest BCUT2D eigenvalue weighted by atomic mass is 10.3. The van der Waals surface area contributed by atoms with E-state index >= 15 is 0 Å². The van der Waals surface area contributed by atoms with Crippen LogP contribution in [-0.4, -0.2) is 44.7 Å². The Hall–Kier alpha value is -1.24. The minimum atomic E-state index is -0.810. The minimum Gasteiger partial charge on any atom is -0.481 e. The molecule has 0 spiro atoms. The Bertz CT molecular complexity index is 511. The van der Waals surface area contributed by atoms with Gasteiger partial charge in [0.25, 0.3) is 0 Å². The van der Waals surface area contributed by atoms with Gasteiger partial charge in [-0.1, -0.05) is 18.7 Å². The molecule has 1 heterocycles. The zero-order valence-corrected chi connectivity index (χ0v) is 13.2. The fraction of sp³-hybridized carbons (Fsp3) is 0.786. The summed E-state index contributed by atoms with van der Waals surface area (Å²) in [6, 6.07) is 0.463. The van der Waals surface area contributed by atoms with E-state index in [4.69, 9.17) is 5.11 Å². The van der Waals surface area contributed by atoms with Crippen LogP contribution in [0.1, 0.15) is 45.1 Å². The molecule has 0 amide bonds. The van der Waals surface area contributed by atoms with Crippen LogP contribution in [-0.2, 0) is 4.79 Å². The Morgan fingerprint density at radius 1 is 1.38 bits per heavy atom. The summed E-state index contributed by atoms with van der Waals surface area (Å²) in [6.07, 6.45) is 6.02. The maximum absolute atomic E-state index is 10.8. The quantitative estimate of drug-likeness (QED) is 0.706. The average molecular weight is 310 g/mol. The van der Waals surface area contributed by atoms with E-state index in [-0.39, 0.29) is 5.75 Å². The van der Waals surface area contributed by atoms with Gasteiger partial charge >= 0.3 is 5.97 Å². The van der Waals surface area contributed by atoms with E-state index in [1.165, 1.54) is 24.6 Å². The maximum atomic E-state index is 10.8. The highest BCUT2D eigenvalue weighted by Crippen LogP contribution is 2.41. The number of rotatable bonds is 9. The van der Waals surface area contributed by atoms with Crippen molar-refractivity contribution in [2.24, 2.45) is 5.92 Å². The first-order valence-corrected chi connectivity index (χ1v) is 8.72. The molecule has 1 N–H and O–H groups in total. The molecule has 2 aliphatic carbocycles. The van der Waals surface area contributed by atoms with Gasteiger partial charge in [0, 0.05) is 19.1 Å². The van der Waals surface area contributed by atoms with Crippen LogP contribution in [0.15, 0.2) is 5.16 Å². The Morgan fingerprint density at radius 2 is 2.14 bits per heavy atom. The Labute approximate surface area is 128 Å². The van der Waals surface area contributed by atoms with E-state index in [0.717, 1.165) is 49.4 Å². The number of anilines is 1. The molecule has 1 aromatic heterocycles. The monoisotopic (exact) mass is 310 g/mol. The predicted molar refractivity (Wildman–Crippen MR) is 81.9 cm³/mol. The third-order valence-corrected chi connectivity index (χ3v) is 4.76. The molecule has 1 aromatic rings.